The van der Waals surface area contributed by atoms with Crippen LogP contribution >= 0.6 is 0 Å². The Hall–Kier alpha value is -2.10. The van der Waals surface area contributed by atoms with Crippen LogP contribution in [0.3, 0.4) is 0 Å². The predicted octanol–water partition coefficient (Wildman–Crippen LogP) is 2.93. The van der Waals surface area contributed by atoms with E-state index in [1.54, 1.807) is 31.3 Å². The predicted molar refractivity (Wildman–Crippen MR) is 77.6 cm³/mol. The van der Waals surface area contributed by atoms with Crippen molar-refractivity contribution in [2.45, 2.75) is 26.2 Å². The SMILES string of the molecule is CC(=O)N(C)c1ccc(OC(=O)C[C@@H]2C=CCC2)cc1. The van der Waals surface area contributed by atoms with Crippen molar-refractivity contribution in [1.29, 1.82) is 0 Å². The number of hydrogen-bond donors (Lipinski definition) is 0. The second kappa shape index (κ2) is 6.37. The molecule has 1 aromatic rings. The molecule has 0 spiro atoms. The standard InChI is InChI=1S/C16H19NO3/c1-12(18)17(2)14-7-9-15(10-8-14)20-16(19)11-13-5-3-4-6-13/h3,5,7-10,13H,4,6,11H2,1-2H3/t13-/m1/s1. The molecule has 0 saturated carbocycles. The Morgan fingerprint density at radius 2 is 2.00 bits per heavy atom. The Morgan fingerprint density at radius 3 is 2.55 bits per heavy atom. The lowest BCUT2D eigenvalue weighted by Gasteiger charge is -2.15. The van der Waals surface area contributed by atoms with E-state index in [1.165, 1.54) is 11.8 Å². The van der Waals surface area contributed by atoms with Crippen molar-refractivity contribution in [2.75, 3.05) is 11.9 Å². The van der Waals surface area contributed by atoms with Crippen LogP contribution in [0, 0.1) is 5.92 Å². The summed E-state index contributed by atoms with van der Waals surface area (Å²) in [5, 5.41) is 0. The molecule has 2 rings (SSSR count). The van der Waals surface area contributed by atoms with Crippen molar-refractivity contribution in [3.63, 3.8) is 0 Å². The maximum absolute atomic E-state index is 11.8. The van der Waals surface area contributed by atoms with Crippen LogP contribution in [0.4, 0.5) is 5.69 Å². The van der Waals surface area contributed by atoms with Crippen molar-refractivity contribution in [1.82, 2.24) is 0 Å². The van der Waals surface area contributed by atoms with Gasteiger partial charge in [0.2, 0.25) is 5.91 Å². The molecular weight excluding hydrogens is 254 g/mol. The summed E-state index contributed by atoms with van der Waals surface area (Å²) in [6.07, 6.45) is 6.67. The quantitative estimate of drug-likeness (QED) is 0.481. The average molecular weight is 273 g/mol. The molecule has 0 N–H and O–H groups in total. The van der Waals surface area contributed by atoms with Gasteiger partial charge >= 0.3 is 5.97 Å². The first kappa shape index (κ1) is 14.3. The molecule has 0 radical (unpaired) electrons. The molecule has 4 nitrogen and oxygen atoms in total. The third-order valence-corrected chi connectivity index (χ3v) is 3.47. The zero-order valence-corrected chi connectivity index (χ0v) is 11.8. The van der Waals surface area contributed by atoms with Gasteiger partial charge in [-0.1, -0.05) is 12.2 Å². The van der Waals surface area contributed by atoms with Gasteiger partial charge in [0.25, 0.3) is 0 Å². The molecule has 1 aromatic carbocycles. The Morgan fingerprint density at radius 1 is 1.30 bits per heavy atom. The Bertz CT molecular complexity index is 519. The lowest BCUT2D eigenvalue weighted by Crippen LogP contribution is -2.22. The van der Waals surface area contributed by atoms with Gasteiger partial charge in [-0.05, 0) is 43.0 Å². The summed E-state index contributed by atoms with van der Waals surface area (Å²) in [5.74, 6) is 0.570. The first-order valence-electron chi connectivity index (χ1n) is 6.78. The summed E-state index contributed by atoms with van der Waals surface area (Å²) in [6.45, 7) is 1.50. The summed E-state index contributed by atoms with van der Waals surface area (Å²) in [5.41, 5.74) is 0.774. The monoisotopic (exact) mass is 273 g/mol. The van der Waals surface area contributed by atoms with Gasteiger partial charge in [0, 0.05) is 19.7 Å². The van der Waals surface area contributed by atoms with Crippen LogP contribution in [0.5, 0.6) is 5.75 Å². The highest BCUT2D eigenvalue weighted by molar-refractivity contribution is 5.90. The molecule has 0 fully saturated rings. The van der Waals surface area contributed by atoms with Crippen LogP contribution in [0.2, 0.25) is 0 Å². The average Bonchev–Trinajstić information content (AvgIpc) is 2.91. The summed E-state index contributed by atoms with van der Waals surface area (Å²) >= 11 is 0. The molecule has 0 aliphatic heterocycles. The van der Waals surface area contributed by atoms with Crippen LogP contribution < -0.4 is 9.64 Å². The maximum Gasteiger partial charge on any atom is 0.311 e. The Labute approximate surface area is 119 Å². The van der Waals surface area contributed by atoms with Crippen molar-refractivity contribution in [3.05, 3.63) is 36.4 Å². The van der Waals surface area contributed by atoms with Crippen LogP contribution in [0.25, 0.3) is 0 Å². The zero-order valence-electron chi connectivity index (χ0n) is 11.8. The molecule has 1 aliphatic rings. The second-order valence-corrected chi connectivity index (χ2v) is 5.02. The van der Waals surface area contributed by atoms with Gasteiger partial charge in [-0.25, -0.2) is 0 Å². The van der Waals surface area contributed by atoms with E-state index < -0.39 is 0 Å². The third-order valence-electron chi connectivity index (χ3n) is 3.47. The van der Waals surface area contributed by atoms with Gasteiger partial charge in [-0.2, -0.15) is 0 Å². The summed E-state index contributed by atoms with van der Waals surface area (Å²) in [6, 6.07) is 6.94. The fourth-order valence-corrected chi connectivity index (χ4v) is 2.17. The minimum Gasteiger partial charge on any atom is -0.427 e. The van der Waals surface area contributed by atoms with E-state index in [9.17, 15) is 9.59 Å². The number of carbonyl (C=O) groups is 2. The fraction of sp³-hybridized carbons (Fsp3) is 0.375. The first-order chi connectivity index (χ1) is 9.56. The van der Waals surface area contributed by atoms with Gasteiger partial charge in [0.15, 0.2) is 0 Å². The van der Waals surface area contributed by atoms with Gasteiger partial charge in [0.1, 0.15) is 5.75 Å². The van der Waals surface area contributed by atoms with E-state index in [0.717, 1.165) is 18.5 Å². The molecule has 1 atom stereocenters. The van der Waals surface area contributed by atoms with Gasteiger partial charge in [-0.15, -0.1) is 0 Å². The van der Waals surface area contributed by atoms with E-state index in [2.05, 4.69) is 12.2 Å². The van der Waals surface area contributed by atoms with Crippen molar-refractivity contribution in [3.8, 4) is 5.75 Å². The van der Waals surface area contributed by atoms with Crippen molar-refractivity contribution >= 4 is 17.6 Å². The van der Waals surface area contributed by atoms with Crippen LogP contribution in [-0.4, -0.2) is 18.9 Å². The number of esters is 1. The highest BCUT2D eigenvalue weighted by Gasteiger charge is 2.15. The Kier molecular flexibility index (Phi) is 4.56. The van der Waals surface area contributed by atoms with E-state index >= 15 is 0 Å². The molecule has 4 heteroatoms. The number of ether oxygens (including phenoxy) is 1. The lowest BCUT2D eigenvalue weighted by atomic mass is 10.1. The van der Waals surface area contributed by atoms with E-state index in [0.29, 0.717) is 18.1 Å². The molecule has 1 amide bonds. The molecule has 0 saturated heterocycles. The number of rotatable bonds is 4. The van der Waals surface area contributed by atoms with Crippen molar-refractivity contribution in [2.24, 2.45) is 5.92 Å². The smallest absolute Gasteiger partial charge is 0.311 e. The highest BCUT2D eigenvalue weighted by Crippen LogP contribution is 2.23. The van der Waals surface area contributed by atoms with Crippen molar-refractivity contribution < 1.29 is 14.3 Å². The molecule has 0 heterocycles. The summed E-state index contributed by atoms with van der Waals surface area (Å²) in [4.78, 5) is 24.5. The molecule has 0 aromatic heterocycles. The largest absolute Gasteiger partial charge is 0.427 e. The zero-order chi connectivity index (χ0) is 14.5. The van der Waals surface area contributed by atoms with Crippen LogP contribution in [0.15, 0.2) is 36.4 Å². The number of allylic oxidation sites excluding steroid dienone is 2. The normalized spacial score (nSPS) is 17.0. The van der Waals surface area contributed by atoms with Gasteiger partial charge < -0.3 is 9.64 Å². The molecule has 20 heavy (non-hydrogen) atoms. The van der Waals surface area contributed by atoms with Gasteiger partial charge in [-0.3, -0.25) is 9.59 Å². The molecule has 1 aliphatic carbocycles. The minimum atomic E-state index is -0.214. The fourth-order valence-electron chi connectivity index (χ4n) is 2.17. The minimum absolute atomic E-state index is 0.0391. The van der Waals surface area contributed by atoms with E-state index in [-0.39, 0.29) is 11.9 Å². The molecule has 0 bridgehead atoms. The van der Waals surface area contributed by atoms with Crippen LogP contribution in [0.1, 0.15) is 26.2 Å². The number of hydrogen-bond acceptors (Lipinski definition) is 3. The molecular formula is C16H19NO3. The number of anilines is 1. The number of amides is 1. The van der Waals surface area contributed by atoms with Crippen LogP contribution in [-0.2, 0) is 9.59 Å². The molecule has 106 valence electrons. The van der Waals surface area contributed by atoms with E-state index in [1.807, 2.05) is 0 Å². The molecule has 0 unspecified atom stereocenters. The van der Waals surface area contributed by atoms with E-state index in [4.69, 9.17) is 4.74 Å². The number of carbonyl (C=O) groups excluding carboxylic acids is 2. The maximum atomic E-state index is 11.8. The topological polar surface area (TPSA) is 46.6 Å². The lowest BCUT2D eigenvalue weighted by molar-refractivity contribution is -0.135. The van der Waals surface area contributed by atoms with Gasteiger partial charge in [0.05, 0.1) is 6.42 Å². The highest BCUT2D eigenvalue weighted by atomic mass is 16.5. The first-order valence-corrected chi connectivity index (χ1v) is 6.78. The third kappa shape index (κ3) is 3.70. The summed E-state index contributed by atoms with van der Waals surface area (Å²) in [7, 11) is 1.70. The number of benzene rings is 1. The Balaban J connectivity index is 1.91. The number of nitrogens with zero attached hydrogens (tertiary/aromatic N) is 1. The second-order valence-electron chi connectivity index (χ2n) is 5.02. The summed E-state index contributed by atoms with van der Waals surface area (Å²) < 4.78 is 5.30.